The zero-order valence-corrected chi connectivity index (χ0v) is 13.9. The van der Waals surface area contributed by atoms with Gasteiger partial charge in [-0.15, -0.1) is 5.10 Å². The third kappa shape index (κ3) is 2.97. The summed E-state index contributed by atoms with van der Waals surface area (Å²) in [6.07, 6.45) is 2.37. The van der Waals surface area contributed by atoms with E-state index in [-0.39, 0.29) is 36.6 Å². The Bertz CT molecular complexity index is 1080. The maximum absolute atomic E-state index is 12.2. The zero-order valence-electron chi connectivity index (χ0n) is 13.9. The summed E-state index contributed by atoms with van der Waals surface area (Å²) in [7, 11) is 0. The Morgan fingerprint density at radius 3 is 3.00 bits per heavy atom. The monoisotopic (exact) mass is 348 g/mol. The first-order valence-corrected chi connectivity index (χ1v) is 8.38. The zero-order chi connectivity index (χ0) is 18.1. The first-order valence-electron chi connectivity index (χ1n) is 8.38. The second kappa shape index (κ2) is 6.48. The Hall–Kier alpha value is -3.40. The first-order chi connectivity index (χ1) is 12.7. The maximum atomic E-state index is 12.2. The van der Waals surface area contributed by atoms with Crippen LogP contribution in [0, 0.1) is 17.2 Å². The van der Waals surface area contributed by atoms with Gasteiger partial charge in [0.1, 0.15) is 6.61 Å². The van der Waals surface area contributed by atoms with Gasteiger partial charge in [0.25, 0.3) is 0 Å². The van der Waals surface area contributed by atoms with Gasteiger partial charge in [0.15, 0.2) is 5.65 Å². The molecule has 1 aromatic carbocycles. The minimum absolute atomic E-state index is 0.101. The van der Waals surface area contributed by atoms with E-state index < -0.39 is 0 Å². The molecule has 26 heavy (non-hydrogen) atoms. The molecule has 2 atom stereocenters. The Kier molecular flexibility index (Phi) is 4.01. The normalized spacial score (nSPS) is 18.4. The van der Waals surface area contributed by atoms with Crippen molar-refractivity contribution in [2.45, 2.75) is 18.9 Å². The average Bonchev–Trinajstić information content (AvgIpc) is 3.42. The number of rotatable bonds is 5. The van der Waals surface area contributed by atoms with E-state index in [1.54, 1.807) is 30.5 Å². The lowest BCUT2D eigenvalue weighted by Gasteiger charge is -2.04. The maximum Gasteiger partial charge on any atom is 0.350 e. The summed E-state index contributed by atoms with van der Waals surface area (Å²) in [5, 5.41) is 13.2. The summed E-state index contributed by atoms with van der Waals surface area (Å²) >= 11 is 0. The average molecular weight is 348 g/mol. The molecule has 1 aliphatic rings. The highest BCUT2D eigenvalue weighted by Crippen LogP contribution is 2.48. The molecule has 3 aromatic rings. The smallest absolute Gasteiger partial charge is 0.350 e. The number of benzene rings is 1. The molecule has 4 rings (SSSR count). The van der Waals surface area contributed by atoms with Crippen molar-refractivity contribution in [1.82, 2.24) is 14.2 Å². The van der Waals surface area contributed by atoms with E-state index >= 15 is 0 Å². The molecule has 0 unspecified atom stereocenters. The summed E-state index contributed by atoms with van der Waals surface area (Å²) in [4.78, 5) is 24.3. The predicted molar refractivity (Wildman–Crippen MR) is 92.4 cm³/mol. The number of esters is 1. The third-order valence-electron chi connectivity index (χ3n) is 4.57. The van der Waals surface area contributed by atoms with Crippen molar-refractivity contribution in [3.8, 4) is 6.07 Å². The van der Waals surface area contributed by atoms with E-state index in [1.165, 1.54) is 9.08 Å². The number of hydrogen-bond donors (Lipinski definition) is 0. The highest BCUT2D eigenvalue weighted by Gasteiger charge is 2.45. The van der Waals surface area contributed by atoms with Crippen LogP contribution in [0.3, 0.4) is 0 Å². The molecule has 0 N–H and O–H groups in total. The van der Waals surface area contributed by atoms with Crippen LogP contribution < -0.4 is 5.69 Å². The van der Waals surface area contributed by atoms with Crippen LogP contribution in [-0.4, -0.2) is 26.8 Å². The molecule has 7 heteroatoms. The Morgan fingerprint density at radius 2 is 2.19 bits per heavy atom. The number of aromatic nitrogens is 3. The summed E-state index contributed by atoms with van der Waals surface area (Å²) in [5.74, 6) is -0.343. The summed E-state index contributed by atoms with van der Waals surface area (Å²) in [6, 6.07) is 14.7. The fraction of sp³-hybridized carbons (Fsp3) is 0.263. The van der Waals surface area contributed by atoms with Crippen molar-refractivity contribution < 1.29 is 9.53 Å². The largest absolute Gasteiger partial charge is 0.463 e. The molecule has 0 radical (unpaired) electrons. The fourth-order valence-corrected chi connectivity index (χ4v) is 3.12. The summed E-state index contributed by atoms with van der Waals surface area (Å²) in [5.41, 5.74) is 1.88. The van der Waals surface area contributed by atoms with Gasteiger partial charge in [0.2, 0.25) is 0 Å². The number of fused-ring (bicyclic) bond motifs is 1. The van der Waals surface area contributed by atoms with Crippen molar-refractivity contribution in [3.05, 3.63) is 70.3 Å². The van der Waals surface area contributed by atoms with Gasteiger partial charge in [-0.05, 0) is 42.2 Å². The van der Waals surface area contributed by atoms with Crippen molar-refractivity contribution >= 4 is 11.6 Å². The van der Waals surface area contributed by atoms with Gasteiger partial charge in [-0.1, -0.05) is 18.2 Å². The number of nitrogens with zero attached hydrogens (tertiary/aromatic N) is 4. The molecule has 130 valence electrons. The molecule has 0 amide bonds. The molecule has 2 heterocycles. The van der Waals surface area contributed by atoms with Gasteiger partial charge in [-0.2, -0.15) is 5.26 Å². The van der Waals surface area contributed by atoms with E-state index in [0.717, 1.165) is 12.0 Å². The minimum atomic E-state index is -0.269. The van der Waals surface area contributed by atoms with Crippen LogP contribution in [0.5, 0.6) is 0 Å². The Morgan fingerprint density at radius 1 is 1.31 bits per heavy atom. The number of pyridine rings is 1. The van der Waals surface area contributed by atoms with Gasteiger partial charge in [-0.3, -0.25) is 9.20 Å². The molecule has 0 saturated heterocycles. The van der Waals surface area contributed by atoms with Gasteiger partial charge in [0, 0.05) is 6.20 Å². The first kappa shape index (κ1) is 16.1. The van der Waals surface area contributed by atoms with Crippen LogP contribution in [0.4, 0.5) is 0 Å². The molecule has 7 nitrogen and oxygen atoms in total. The van der Waals surface area contributed by atoms with Crippen LogP contribution in [-0.2, 0) is 16.1 Å². The van der Waals surface area contributed by atoms with Crippen molar-refractivity contribution in [1.29, 1.82) is 5.26 Å². The lowest BCUT2D eigenvalue weighted by atomic mass is 10.1. The van der Waals surface area contributed by atoms with Crippen LogP contribution in [0.25, 0.3) is 5.65 Å². The van der Waals surface area contributed by atoms with E-state index in [1.807, 2.05) is 18.2 Å². The van der Waals surface area contributed by atoms with Crippen LogP contribution in [0.2, 0.25) is 0 Å². The molecule has 0 spiro atoms. The van der Waals surface area contributed by atoms with Crippen LogP contribution >= 0.6 is 0 Å². The van der Waals surface area contributed by atoms with E-state index in [9.17, 15) is 9.59 Å². The minimum Gasteiger partial charge on any atom is -0.463 e. The van der Waals surface area contributed by atoms with Gasteiger partial charge in [-0.25, -0.2) is 9.48 Å². The summed E-state index contributed by atoms with van der Waals surface area (Å²) in [6.45, 7) is 0.317. The lowest BCUT2D eigenvalue weighted by molar-refractivity contribution is -0.145. The molecule has 0 aliphatic heterocycles. The van der Waals surface area contributed by atoms with Crippen LogP contribution in [0.1, 0.15) is 23.5 Å². The predicted octanol–water partition coefficient (Wildman–Crippen LogP) is 1.71. The van der Waals surface area contributed by atoms with E-state index in [4.69, 9.17) is 10.00 Å². The number of ether oxygens (including phenoxy) is 1. The van der Waals surface area contributed by atoms with E-state index in [0.29, 0.717) is 11.2 Å². The molecular weight excluding hydrogens is 332 g/mol. The van der Waals surface area contributed by atoms with Crippen molar-refractivity contribution in [2.75, 3.05) is 6.61 Å². The molecule has 1 saturated carbocycles. The second-order valence-electron chi connectivity index (χ2n) is 6.29. The van der Waals surface area contributed by atoms with Crippen LogP contribution in [0.15, 0.2) is 53.5 Å². The second-order valence-corrected chi connectivity index (χ2v) is 6.29. The van der Waals surface area contributed by atoms with Gasteiger partial charge < -0.3 is 4.74 Å². The standard InChI is InChI=1S/C19H16N4O3/c20-12-13-4-3-5-14(10-13)15-11-16(15)18(24)26-9-8-23-19(25)22-7-2-1-6-17(22)21-23/h1-7,10,15-16H,8-9,11H2/t15-,16+/m0/s1. The summed E-state index contributed by atoms with van der Waals surface area (Å²) < 4.78 is 8.06. The molecule has 1 fully saturated rings. The van der Waals surface area contributed by atoms with Crippen molar-refractivity contribution in [3.63, 3.8) is 0 Å². The fourth-order valence-electron chi connectivity index (χ4n) is 3.12. The Balaban J connectivity index is 1.34. The number of nitriles is 1. The van der Waals surface area contributed by atoms with Gasteiger partial charge in [0.05, 0.1) is 24.1 Å². The van der Waals surface area contributed by atoms with Crippen molar-refractivity contribution in [2.24, 2.45) is 5.92 Å². The number of carbonyl (C=O) groups is 1. The highest BCUT2D eigenvalue weighted by molar-refractivity contribution is 5.77. The molecule has 2 aromatic heterocycles. The number of hydrogen-bond acceptors (Lipinski definition) is 5. The quantitative estimate of drug-likeness (QED) is 0.655. The lowest BCUT2D eigenvalue weighted by Crippen LogP contribution is -2.24. The third-order valence-corrected chi connectivity index (χ3v) is 4.57. The van der Waals surface area contributed by atoms with E-state index in [2.05, 4.69) is 11.2 Å². The molecule has 1 aliphatic carbocycles. The molecular formula is C19H16N4O3. The topological polar surface area (TPSA) is 89.4 Å². The van der Waals surface area contributed by atoms with Gasteiger partial charge >= 0.3 is 11.7 Å². The highest BCUT2D eigenvalue weighted by atomic mass is 16.5. The Labute approximate surface area is 149 Å². The number of carbonyl (C=O) groups excluding carboxylic acids is 1. The molecule has 0 bridgehead atoms. The SMILES string of the molecule is N#Cc1cccc([C@@H]2C[C@H]2C(=O)OCCn2nc3ccccn3c2=O)c1.